The molecule has 0 bridgehead atoms. The number of methoxy groups -OCH3 is 1. The van der Waals surface area contributed by atoms with Crippen LogP contribution in [0.25, 0.3) is 10.8 Å². The molecular weight excluding hydrogens is 438 g/mol. The number of rotatable bonds is 7. The fourth-order valence-corrected chi connectivity index (χ4v) is 5.10. The average molecular weight is 468 g/mol. The molecule has 1 aliphatic rings. The molecule has 0 amide bonds. The van der Waals surface area contributed by atoms with Gasteiger partial charge in [-0.15, -0.1) is 0 Å². The Kier molecular flexibility index (Phi) is 6.43. The van der Waals surface area contributed by atoms with Gasteiger partial charge >= 0.3 is 5.97 Å². The fourth-order valence-electron chi connectivity index (χ4n) is 5.10. The number of carbonyl (C=O) groups is 1. The van der Waals surface area contributed by atoms with Crippen molar-refractivity contribution in [3.63, 3.8) is 0 Å². The monoisotopic (exact) mass is 467 g/mol. The molecule has 178 valence electrons. The van der Waals surface area contributed by atoms with Gasteiger partial charge in [-0.2, -0.15) is 0 Å². The quantitative estimate of drug-likeness (QED) is 0.340. The standard InChI is InChI=1S/C30H29NO4/c1-19(23-12-7-9-20-8-3-4-10-24(20)23)31-18-22-17-26(25-11-5-6-13-29(25)35-22)27-16-21(30(32)33)14-15-28(27)34-2/h3-16,19,22,26,31H,17-18H2,1-2H3,(H,32,33)/t19?,22-,26-/m1/s1. The van der Waals surface area contributed by atoms with E-state index >= 15 is 0 Å². The minimum atomic E-state index is -0.948. The van der Waals surface area contributed by atoms with E-state index < -0.39 is 5.97 Å². The molecule has 3 atom stereocenters. The van der Waals surface area contributed by atoms with Gasteiger partial charge in [0.2, 0.25) is 0 Å². The molecule has 35 heavy (non-hydrogen) atoms. The van der Waals surface area contributed by atoms with Gasteiger partial charge in [0.15, 0.2) is 0 Å². The number of carboxylic acids is 1. The van der Waals surface area contributed by atoms with Gasteiger partial charge in [-0.3, -0.25) is 0 Å². The van der Waals surface area contributed by atoms with Crippen LogP contribution in [0.5, 0.6) is 11.5 Å². The third-order valence-corrected chi connectivity index (χ3v) is 6.88. The molecule has 1 heterocycles. The zero-order valence-electron chi connectivity index (χ0n) is 19.9. The van der Waals surface area contributed by atoms with Crippen LogP contribution in [0.1, 0.15) is 52.4 Å². The van der Waals surface area contributed by atoms with Crippen molar-refractivity contribution in [2.24, 2.45) is 0 Å². The zero-order chi connectivity index (χ0) is 24.4. The van der Waals surface area contributed by atoms with Crippen LogP contribution < -0.4 is 14.8 Å². The minimum absolute atomic E-state index is 0.0335. The van der Waals surface area contributed by atoms with E-state index in [1.54, 1.807) is 25.3 Å². The highest BCUT2D eigenvalue weighted by molar-refractivity contribution is 5.88. The molecule has 5 nitrogen and oxygen atoms in total. The highest BCUT2D eigenvalue weighted by atomic mass is 16.5. The summed E-state index contributed by atoms with van der Waals surface area (Å²) in [5.41, 5.74) is 3.43. The minimum Gasteiger partial charge on any atom is -0.496 e. The number of benzene rings is 4. The highest BCUT2D eigenvalue weighted by Gasteiger charge is 2.31. The maximum atomic E-state index is 11.7. The van der Waals surface area contributed by atoms with Crippen molar-refractivity contribution in [2.45, 2.75) is 31.4 Å². The van der Waals surface area contributed by atoms with Crippen molar-refractivity contribution in [3.05, 3.63) is 107 Å². The number of nitrogens with one attached hydrogen (secondary N) is 1. The molecule has 0 radical (unpaired) electrons. The van der Waals surface area contributed by atoms with Gasteiger partial charge in [0, 0.05) is 29.6 Å². The van der Waals surface area contributed by atoms with Gasteiger partial charge in [0.1, 0.15) is 17.6 Å². The summed E-state index contributed by atoms with van der Waals surface area (Å²) < 4.78 is 12.0. The van der Waals surface area contributed by atoms with Crippen LogP contribution >= 0.6 is 0 Å². The lowest BCUT2D eigenvalue weighted by molar-refractivity contribution is 0.0696. The van der Waals surface area contributed by atoms with E-state index in [1.165, 1.54) is 16.3 Å². The summed E-state index contributed by atoms with van der Waals surface area (Å²) in [5, 5.41) is 15.7. The molecule has 0 saturated carbocycles. The molecule has 2 N–H and O–H groups in total. The first kappa shape index (κ1) is 22.9. The van der Waals surface area contributed by atoms with Gasteiger partial charge < -0.3 is 19.9 Å². The SMILES string of the molecule is COc1ccc(C(=O)O)cc1[C@@H]1C[C@H](CNC(C)c2cccc3ccccc23)Oc2ccccc21. The van der Waals surface area contributed by atoms with E-state index in [-0.39, 0.29) is 23.6 Å². The number of fused-ring (bicyclic) bond motifs is 2. The number of carboxylic acid groups (broad SMARTS) is 1. The molecule has 4 aromatic rings. The lowest BCUT2D eigenvalue weighted by Gasteiger charge is -2.34. The summed E-state index contributed by atoms with van der Waals surface area (Å²) in [6, 6.07) is 28.0. The summed E-state index contributed by atoms with van der Waals surface area (Å²) in [5.74, 6) is 0.536. The van der Waals surface area contributed by atoms with Crippen molar-refractivity contribution in [2.75, 3.05) is 13.7 Å². The first-order chi connectivity index (χ1) is 17.0. The van der Waals surface area contributed by atoms with Crippen molar-refractivity contribution in [3.8, 4) is 11.5 Å². The third kappa shape index (κ3) is 4.60. The Hall–Kier alpha value is -3.83. The Balaban J connectivity index is 1.41. The second-order valence-corrected chi connectivity index (χ2v) is 9.03. The number of para-hydroxylation sites is 1. The average Bonchev–Trinajstić information content (AvgIpc) is 2.90. The topological polar surface area (TPSA) is 67.8 Å². The predicted octanol–water partition coefficient (Wildman–Crippen LogP) is 6.18. The van der Waals surface area contributed by atoms with Crippen LogP contribution in [0.4, 0.5) is 0 Å². The molecule has 0 fully saturated rings. The van der Waals surface area contributed by atoms with Crippen LogP contribution in [0, 0.1) is 0 Å². The molecule has 1 unspecified atom stereocenters. The van der Waals surface area contributed by atoms with Crippen molar-refractivity contribution < 1.29 is 19.4 Å². The normalized spacial score (nSPS) is 17.9. The van der Waals surface area contributed by atoms with E-state index in [4.69, 9.17) is 9.47 Å². The molecule has 0 aromatic heterocycles. The fraction of sp³-hybridized carbons (Fsp3) is 0.233. The maximum absolute atomic E-state index is 11.7. The Morgan fingerprint density at radius 1 is 1.03 bits per heavy atom. The number of ether oxygens (including phenoxy) is 2. The first-order valence-electron chi connectivity index (χ1n) is 11.9. The lowest BCUT2D eigenvalue weighted by atomic mass is 9.83. The summed E-state index contributed by atoms with van der Waals surface area (Å²) >= 11 is 0. The van der Waals surface area contributed by atoms with Crippen molar-refractivity contribution in [1.29, 1.82) is 0 Å². The molecule has 1 aliphatic heterocycles. The lowest BCUT2D eigenvalue weighted by Crippen LogP contribution is -2.37. The van der Waals surface area contributed by atoms with Crippen molar-refractivity contribution >= 4 is 16.7 Å². The van der Waals surface area contributed by atoms with Crippen molar-refractivity contribution in [1.82, 2.24) is 5.32 Å². The second kappa shape index (κ2) is 9.80. The Bertz CT molecular complexity index is 1360. The predicted molar refractivity (Wildman–Crippen MR) is 138 cm³/mol. The Morgan fingerprint density at radius 2 is 1.80 bits per heavy atom. The second-order valence-electron chi connectivity index (χ2n) is 9.03. The summed E-state index contributed by atoms with van der Waals surface area (Å²) in [6.45, 7) is 2.84. The smallest absolute Gasteiger partial charge is 0.335 e. The van der Waals surface area contributed by atoms with Crippen LogP contribution in [-0.2, 0) is 0 Å². The van der Waals surface area contributed by atoms with Gasteiger partial charge in [0.05, 0.1) is 12.7 Å². The van der Waals surface area contributed by atoms with Gasteiger partial charge in [-0.05, 0) is 53.9 Å². The van der Waals surface area contributed by atoms with E-state index in [0.29, 0.717) is 18.7 Å². The summed E-state index contributed by atoms with van der Waals surface area (Å²) in [6.07, 6.45) is 0.636. The van der Waals surface area contributed by atoms with Crippen LogP contribution in [-0.4, -0.2) is 30.8 Å². The van der Waals surface area contributed by atoms with Crippen LogP contribution in [0.2, 0.25) is 0 Å². The molecule has 0 spiro atoms. The molecule has 0 aliphatic carbocycles. The first-order valence-corrected chi connectivity index (χ1v) is 11.9. The van der Waals surface area contributed by atoms with E-state index in [1.807, 2.05) is 18.2 Å². The molecular formula is C30H29NO4. The van der Waals surface area contributed by atoms with E-state index in [0.717, 1.165) is 16.9 Å². The van der Waals surface area contributed by atoms with Gasteiger partial charge in [0.25, 0.3) is 0 Å². The van der Waals surface area contributed by atoms with E-state index in [2.05, 4.69) is 60.8 Å². The molecule has 0 saturated heterocycles. The molecule has 5 heteroatoms. The number of hydrogen-bond acceptors (Lipinski definition) is 4. The largest absolute Gasteiger partial charge is 0.496 e. The molecule has 4 aromatic carbocycles. The summed E-state index contributed by atoms with van der Waals surface area (Å²) in [7, 11) is 1.62. The van der Waals surface area contributed by atoms with Gasteiger partial charge in [-0.25, -0.2) is 4.79 Å². The highest BCUT2D eigenvalue weighted by Crippen LogP contribution is 2.43. The van der Waals surface area contributed by atoms with Gasteiger partial charge in [-0.1, -0.05) is 60.7 Å². The molecule has 5 rings (SSSR count). The zero-order valence-corrected chi connectivity index (χ0v) is 19.9. The number of hydrogen-bond donors (Lipinski definition) is 2. The van der Waals surface area contributed by atoms with Crippen LogP contribution in [0.15, 0.2) is 84.9 Å². The Labute approximate surface area is 205 Å². The Morgan fingerprint density at radius 3 is 2.63 bits per heavy atom. The maximum Gasteiger partial charge on any atom is 0.335 e. The number of aromatic carboxylic acids is 1. The summed E-state index contributed by atoms with van der Waals surface area (Å²) in [4.78, 5) is 11.7. The van der Waals surface area contributed by atoms with Crippen LogP contribution in [0.3, 0.4) is 0 Å². The van der Waals surface area contributed by atoms with E-state index in [9.17, 15) is 9.90 Å². The third-order valence-electron chi connectivity index (χ3n) is 6.88.